The average molecular weight is 339 g/mol. The summed E-state index contributed by atoms with van der Waals surface area (Å²) in [6.45, 7) is 0.678. The Balaban J connectivity index is 1.97. The largest absolute Gasteiger partial charge is 0.359 e. The number of likely N-dealkylation sites (N-methyl/N-ethyl adjacent to an activating group) is 1. The molecule has 0 radical (unpaired) electrons. The summed E-state index contributed by atoms with van der Waals surface area (Å²) in [6, 6.07) is 4.01. The molecular formula is C15H16ClFN4O2. The van der Waals surface area contributed by atoms with Crippen LogP contribution in [0.1, 0.15) is 30.1 Å². The number of rotatable bonds is 3. The minimum atomic E-state index is -0.435. The Morgan fingerprint density at radius 1 is 1.52 bits per heavy atom. The molecule has 2 aromatic rings. The zero-order chi connectivity index (χ0) is 16.6. The maximum absolute atomic E-state index is 13.1. The van der Waals surface area contributed by atoms with Gasteiger partial charge in [-0.15, -0.1) is 0 Å². The van der Waals surface area contributed by atoms with Gasteiger partial charge >= 0.3 is 5.69 Å². The summed E-state index contributed by atoms with van der Waals surface area (Å²) in [5.74, 6) is -0.539. The van der Waals surface area contributed by atoms with E-state index in [1.54, 1.807) is 7.05 Å². The number of carbonyl (C=O) groups is 1. The molecule has 0 saturated carbocycles. The Labute approximate surface area is 136 Å². The van der Waals surface area contributed by atoms with Crippen molar-refractivity contribution < 1.29 is 9.18 Å². The minimum absolute atomic E-state index is 0.137. The summed E-state index contributed by atoms with van der Waals surface area (Å²) >= 11 is 6.01. The molecular weight excluding hydrogens is 323 g/mol. The van der Waals surface area contributed by atoms with E-state index in [9.17, 15) is 14.0 Å². The highest BCUT2D eigenvalue weighted by atomic mass is 35.5. The lowest BCUT2D eigenvalue weighted by molar-refractivity contribution is -0.122. The van der Waals surface area contributed by atoms with E-state index in [2.05, 4.69) is 10.4 Å². The lowest BCUT2D eigenvalue weighted by Crippen LogP contribution is -2.33. The van der Waals surface area contributed by atoms with E-state index in [1.807, 2.05) is 0 Å². The lowest BCUT2D eigenvalue weighted by Gasteiger charge is -2.20. The van der Waals surface area contributed by atoms with Crippen LogP contribution in [0.5, 0.6) is 0 Å². The second kappa shape index (κ2) is 6.16. The molecule has 0 aliphatic carbocycles. The standard InChI is InChI=1S/C15H16ClFN4O2/c1-18-14(22)11-3-2-6-20-13(11)19-21(15(20)23)8-9-4-5-10(17)7-12(9)16/h4-5,7,11H,2-3,6,8H2,1H3,(H,18,22). The molecule has 1 N–H and O–H groups in total. The molecule has 1 aliphatic heterocycles. The molecule has 3 rings (SSSR count). The molecule has 1 aromatic heterocycles. The Morgan fingerprint density at radius 2 is 2.30 bits per heavy atom. The number of carbonyl (C=O) groups excluding carboxylic acids is 1. The first-order valence-corrected chi connectivity index (χ1v) is 7.72. The van der Waals surface area contributed by atoms with Gasteiger partial charge in [-0.2, -0.15) is 5.10 Å². The summed E-state index contributed by atoms with van der Waals surface area (Å²) in [4.78, 5) is 24.4. The van der Waals surface area contributed by atoms with Crippen LogP contribution < -0.4 is 11.0 Å². The van der Waals surface area contributed by atoms with Crippen LogP contribution in [0, 0.1) is 5.82 Å². The van der Waals surface area contributed by atoms with Gasteiger partial charge < -0.3 is 5.32 Å². The van der Waals surface area contributed by atoms with Gasteiger partial charge in [0.25, 0.3) is 0 Å². The maximum atomic E-state index is 13.1. The Bertz CT molecular complexity index is 814. The van der Waals surface area contributed by atoms with Crippen LogP contribution >= 0.6 is 11.6 Å². The fourth-order valence-corrected chi connectivity index (χ4v) is 3.07. The Hall–Kier alpha value is -2.15. The molecule has 1 atom stereocenters. The van der Waals surface area contributed by atoms with E-state index in [0.29, 0.717) is 24.4 Å². The molecule has 1 amide bonds. The van der Waals surface area contributed by atoms with Crippen molar-refractivity contribution in [3.63, 3.8) is 0 Å². The van der Waals surface area contributed by atoms with Crippen LogP contribution in [0.25, 0.3) is 0 Å². The number of aromatic nitrogens is 3. The van der Waals surface area contributed by atoms with Crippen LogP contribution in [0.4, 0.5) is 4.39 Å². The van der Waals surface area contributed by atoms with Gasteiger partial charge in [-0.3, -0.25) is 9.36 Å². The van der Waals surface area contributed by atoms with Gasteiger partial charge in [-0.1, -0.05) is 17.7 Å². The van der Waals surface area contributed by atoms with E-state index in [0.717, 1.165) is 6.42 Å². The van der Waals surface area contributed by atoms with E-state index >= 15 is 0 Å². The molecule has 23 heavy (non-hydrogen) atoms. The fraction of sp³-hybridized carbons (Fsp3) is 0.400. The fourth-order valence-electron chi connectivity index (χ4n) is 2.85. The molecule has 1 unspecified atom stereocenters. The van der Waals surface area contributed by atoms with Gasteiger partial charge in [0.1, 0.15) is 11.6 Å². The second-order valence-corrected chi connectivity index (χ2v) is 5.90. The zero-order valence-corrected chi connectivity index (χ0v) is 13.3. The number of hydrogen-bond acceptors (Lipinski definition) is 3. The average Bonchev–Trinajstić information content (AvgIpc) is 2.86. The van der Waals surface area contributed by atoms with E-state index < -0.39 is 11.7 Å². The van der Waals surface area contributed by atoms with Crippen molar-refractivity contribution in [3.05, 3.63) is 50.9 Å². The van der Waals surface area contributed by atoms with Gasteiger partial charge in [0.2, 0.25) is 5.91 Å². The predicted molar refractivity (Wildman–Crippen MR) is 83.0 cm³/mol. The third-order valence-corrected chi connectivity index (χ3v) is 4.39. The molecule has 0 spiro atoms. The summed E-state index contributed by atoms with van der Waals surface area (Å²) in [6.07, 6.45) is 1.40. The van der Waals surface area contributed by atoms with Crippen LogP contribution in [0.3, 0.4) is 0 Å². The van der Waals surface area contributed by atoms with E-state index in [-0.39, 0.29) is 23.2 Å². The van der Waals surface area contributed by atoms with Crippen molar-refractivity contribution in [3.8, 4) is 0 Å². The smallest absolute Gasteiger partial charge is 0.346 e. The molecule has 6 nitrogen and oxygen atoms in total. The van der Waals surface area contributed by atoms with Crippen molar-refractivity contribution in [1.82, 2.24) is 19.7 Å². The number of nitrogens with zero attached hydrogens (tertiary/aromatic N) is 3. The molecule has 0 saturated heterocycles. The summed E-state index contributed by atoms with van der Waals surface area (Å²) in [5.41, 5.74) is 0.316. The molecule has 1 aromatic carbocycles. The summed E-state index contributed by atoms with van der Waals surface area (Å²) in [7, 11) is 1.56. The maximum Gasteiger partial charge on any atom is 0.346 e. The number of hydrogen-bond donors (Lipinski definition) is 1. The highest BCUT2D eigenvalue weighted by Crippen LogP contribution is 2.25. The third-order valence-electron chi connectivity index (χ3n) is 4.04. The van der Waals surface area contributed by atoms with Gasteiger partial charge in [0.15, 0.2) is 0 Å². The van der Waals surface area contributed by atoms with Crippen LogP contribution in [0.15, 0.2) is 23.0 Å². The Morgan fingerprint density at radius 3 is 3.00 bits per heavy atom. The second-order valence-electron chi connectivity index (χ2n) is 5.49. The first-order chi connectivity index (χ1) is 11.0. The van der Waals surface area contributed by atoms with Gasteiger partial charge in [0.05, 0.1) is 12.5 Å². The van der Waals surface area contributed by atoms with Crippen LogP contribution in [0.2, 0.25) is 5.02 Å². The van der Waals surface area contributed by atoms with Crippen molar-refractivity contribution >= 4 is 17.5 Å². The summed E-state index contributed by atoms with van der Waals surface area (Å²) < 4.78 is 15.9. The van der Waals surface area contributed by atoms with E-state index in [1.165, 1.54) is 27.4 Å². The van der Waals surface area contributed by atoms with E-state index in [4.69, 9.17) is 11.6 Å². The summed E-state index contributed by atoms with van der Waals surface area (Å²) in [5, 5.41) is 7.16. The number of halogens is 2. The quantitative estimate of drug-likeness (QED) is 0.922. The van der Waals surface area contributed by atoms with Gasteiger partial charge in [-0.05, 0) is 30.5 Å². The normalized spacial score (nSPS) is 16.9. The predicted octanol–water partition coefficient (Wildman–Crippen LogP) is 1.51. The molecule has 1 aliphatic rings. The molecule has 122 valence electrons. The topological polar surface area (TPSA) is 68.9 Å². The lowest BCUT2D eigenvalue weighted by atomic mass is 9.98. The van der Waals surface area contributed by atoms with Crippen molar-refractivity contribution in [1.29, 1.82) is 0 Å². The number of benzene rings is 1. The monoisotopic (exact) mass is 338 g/mol. The SMILES string of the molecule is CNC(=O)C1CCCn2c1nn(Cc1ccc(F)cc1Cl)c2=O. The van der Waals surface area contributed by atoms with Gasteiger partial charge in [0, 0.05) is 18.6 Å². The van der Waals surface area contributed by atoms with Gasteiger partial charge in [-0.25, -0.2) is 13.9 Å². The third kappa shape index (κ3) is 2.88. The van der Waals surface area contributed by atoms with Crippen molar-refractivity contribution in [2.45, 2.75) is 31.8 Å². The number of fused-ring (bicyclic) bond motifs is 1. The molecule has 2 heterocycles. The van der Waals surface area contributed by atoms with Crippen molar-refractivity contribution in [2.75, 3.05) is 7.05 Å². The first-order valence-electron chi connectivity index (χ1n) is 7.34. The minimum Gasteiger partial charge on any atom is -0.359 e. The van der Waals surface area contributed by atoms with Crippen LogP contribution in [-0.2, 0) is 17.9 Å². The van der Waals surface area contributed by atoms with Crippen molar-refractivity contribution in [2.24, 2.45) is 0 Å². The first kappa shape index (κ1) is 15.7. The zero-order valence-electron chi connectivity index (χ0n) is 12.6. The number of amides is 1. The highest BCUT2D eigenvalue weighted by Gasteiger charge is 2.30. The Kier molecular flexibility index (Phi) is 4.21. The highest BCUT2D eigenvalue weighted by molar-refractivity contribution is 6.31. The molecule has 0 bridgehead atoms. The molecule has 0 fully saturated rings. The number of nitrogens with one attached hydrogen (secondary N) is 1. The molecule has 8 heteroatoms. The van der Waals surface area contributed by atoms with Crippen LogP contribution in [-0.4, -0.2) is 27.3 Å².